The summed E-state index contributed by atoms with van der Waals surface area (Å²) in [5, 5.41) is 2.92. The van der Waals surface area contributed by atoms with Crippen molar-refractivity contribution in [2.24, 2.45) is 11.8 Å². The number of carbonyl (C=O) groups is 1. The fraction of sp³-hybridized carbons (Fsp3) is 0.667. The highest BCUT2D eigenvalue weighted by Gasteiger charge is 2.31. The van der Waals surface area contributed by atoms with E-state index < -0.39 is 10.0 Å². The zero-order chi connectivity index (χ0) is 19.6. The number of likely N-dealkylation sites (tertiary alicyclic amines) is 1. The summed E-state index contributed by atoms with van der Waals surface area (Å²) < 4.78 is 26.7. The molecule has 1 N–H and O–H groups in total. The molecule has 28 heavy (non-hydrogen) atoms. The van der Waals surface area contributed by atoms with Crippen LogP contribution in [-0.2, 0) is 14.8 Å². The summed E-state index contributed by atoms with van der Waals surface area (Å²) >= 11 is 0. The van der Waals surface area contributed by atoms with Crippen LogP contribution in [0.15, 0.2) is 29.2 Å². The van der Waals surface area contributed by atoms with Crippen LogP contribution in [0, 0.1) is 11.8 Å². The quantitative estimate of drug-likeness (QED) is 0.818. The van der Waals surface area contributed by atoms with Gasteiger partial charge in [0.25, 0.3) is 0 Å². The number of fused-ring (bicyclic) bond motifs is 1. The van der Waals surface area contributed by atoms with E-state index in [4.69, 9.17) is 0 Å². The van der Waals surface area contributed by atoms with E-state index in [1.54, 1.807) is 24.3 Å². The molecule has 1 saturated carbocycles. The van der Waals surface area contributed by atoms with Gasteiger partial charge in [-0.05, 0) is 68.3 Å². The Labute approximate surface area is 168 Å². The Balaban J connectivity index is 1.31. The number of anilines is 1. The van der Waals surface area contributed by atoms with Crippen LogP contribution in [-0.4, -0.2) is 56.3 Å². The lowest BCUT2D eigenvalue weighted by atomic mass is 9.75. The SMILES string of the molecule is O=C(CN1CC[C@@H]2CCCC[C@@H]2C1)Nc1ccc(S(=O)(=O)N2CCCC2)cc1. The molecule has 0 radical (unpaired) electrons. The number of hydrogen-bond acceptors (Lipinski definition) is 4. The second-order valence-corrected chi connectivity index (χ2v) is 10.5. The van der Waals surface area contributed by atoms with Crippen molar-refractivity contribution in [2.75, 3.05) is 38.0 Å². The van der Waals surface area contributed by atoms with Gasteiger partial charge in [-0.15, -0.1) is 0 Å². The van der Waals surface area contributed by atoms with Gasteiger partial charge >= 0.3 is 0 Å². The maximum absolute atomic E-state index is 12.6. The molecule has 7 heteroatoms. The molecule has 1 aromatic rings. The maximum Gasteiger partial charge on any atom is 0.243 e. The van der Waals surface area contributed by atoms with Crippen LogP contribution in [0.5, 0.6) is 0 Å². The van der Waals surface area contributed by atoms with Gasteiger partial charge in [0.2, 0.25) is 15.9 Å². The molecule has 0 unspecified atom stereocenters. The monoisotopic (exact) mass is 405 g/mol. The number of sulfonamides is 1. The van der Waals surface area contributed by atoms with Gasteiger partial charge in [0.1, 0.15) is 0 Å². The van der Waals surface area contributed by atoms with E-state index >= 15 is 0 Å². The summed E-state index contributed by atoms with van der Waals surface area (Å²) in [7, 11) is -3.41. The van der Waals surface area contributed by atoms with E-state index in [-0.39, 0.29) is 5.91 Å². The molecular formula is C21H31N3O3S. The molecule has 2 saturated heterocycles. The Morgan fingerprint density at radius 2 is 1.61 bits per heavy atom. The number of piperidine rings is 1. The second-order valence-electron chi connectivity index (χ2n) is 8.51. The lowest BCUT2D eigenvalue weighted by Gasteiger charge is -2.41. The molecule has 1 aromatic carbocycles. The summed E-state index contributed by atoms with van der Waals surface area (Å²) in [6, 6.07) is 6.57. The van der Waals surface area contributed by atoms with Crippen molar-refractivity contribution in [1.82, 2.24) is 9.21 Å². The van der Waals surface area contributed by atoms with Crippen molar-refractivity contribution in [3.05, 3.63) is 24.3 Å². The summed E-state index contributed by atoms with van der Waals surface area (Å²) in [5.74, 6) is 1.59. The maximum atomic E-state index is 12.6. The number of rotatable bonds is 5. The Kier molecular flexibility index (Phi) is 6.04. The Hall–Kier alpha value is -1.44. The van der Waals surface area contributed by atoms with Crippen LogP contribution in [0.1, 0.15) is 44.9 Å². The van der Waals surface area contributed by atoms with Crippen LogP contribution < -0.4 is 5.32 Å². The fourth-order valence-corrected chi connectivity index (χ4v) is 6.53. The zero-order valence-electron chi connectivity index (χ0n) is 16.5. The average molecular weight is 406 g/mol. The number of benzene rings is 1. The minimum atomic E-state index is -3.41. The largest absolute Gasteiger partial charge is 0.325 e. The molecule has 0 aromatic heterocycles. The summed E-state index contributed by atoms with van der Waals surface area (Å²) in [6.45, 7) is 3.64. The Bertz CT molecular complexity index is 788. The first-order chi connectivity index (χ1) is 13.5. The van der Waals surface area contributed by atoms with Crippen molar-refractivity contribution in [3.63, 3.8) is 0 Å². The first kappa shape index (κ1) is 19.9. The molecule has 6 nitrogen and oxygen atoms in total. The number of nitrogens with zero attached hydrogens (tertiary/aromatic N) is 2. The molecule has 2 aliphatic heterocycles. The molecule has 4 rings (SSSR count). The minimum absolute atomic E-state index is 0.0237. The minimum Gasteiger partial charge on any atom is -0.325 e. The first-order valence-corrected chi connectivity index (χ1v) is 12.1. The summed E-state index contributed by atoms with van der Waals surface area (Å²) in [4.78, 5) is 15.0. The van der Waals surface area contributed by atoms with Crippen molar-refractivity contribution < 1.29 is 13.2 Å². The van der Waals surface area contributed by atoms with Gasteiger partial charge in [0.15, 0.2) is 0 Å². The van der Waals surface area contributed by atoms with Gasteiger partial charge in [0, 0.05) is 25.3 Å². The van der Waals surface area contributed by atoms with Gasteiger partial charge in [-0.2, -0.15) is 4.31 Å². The van der Waals surface area contributed by atoms with Gasteiger partial charge in [-0.1, -0.05) is 19.3 Å². The van der Waals surface area contributed by atoms with Crippen molar-refractivity contribution in [2.45, 2.75) is 49.8 Å². The predicted molar refractivity (Wildman–Crippen MR) is 110 cm³/mol. The van der Waals surface area contributed by atoms with Gasteiger partial charge in [-0.3, -0.25) is 9.69 Å². The van der Waals surface area contributed by atoms with Crippen molar-refractivity contribution in [3.8, 4) is 0 Å². The van der Waals surface area contributed by atoms with Crippen LogP contribution in [0.25, 0.3) is 0 Å². The van der Waals surface area contributed by atoms with Crippen LogP contribution >= 0.6 is 0 Å². The smallest absolute Gasteiger partial charge is 0.243 e. The van der Waals surface area contributed by atoms with E-state index in [0.29, 0.717) is 30.2 Å². The molecule has 0 spiro atoms. The van der Waals surface area contributed by atoms with E-state index in [2.05, 4.69) is 10.2 Å². The van der Waals surface area contributed by atoms with Gasteiger partial charge in [-0.25, -0.2) is 8.42 Å². The van der Waals surface area contributed by atoms with Crippen molar-refractivity contribution >= 4 is 21.6 Å². The first-order valence-electron chi connectivity index (χ1n) is 10.6. The molecule has 3 aliphatic rings. The lowest BCUT2D eigenvalue weighted by molar-refractivity contribution is -0.118. The van der Waals surface area contributed by atoms with Crippen LogP contribution in [0.4, 0.5) is 5.69 Å². The van der Waals surface area contributed by atoms with Gasteiger partial charge in [0.05, 0.1) is 11.4 Å². The second kappa shape index (κ2) is 8.51. The van der Waals surface area contributed by atoms with E-state index in [1.165, 1.54) is 36.4 Å². The predicted octanol–water partition coefficient (Wildman–Crippen LogP) is 2.92. The van der Waals surface area contributed by atoms with Crippen LogP contribution in [0.3, 0.4) is 0 Å². The molecule has 3 fully saturated rings. The Morgan fingerprint density at radius 1 is 0.929 bits per heavy atom. The summed E-state index contributed by atoms with van der Waals surface area (Å²) in [6.07, 6.45) is 8.41. The number of nitrogens with one attached hydrogen (secondary N) is 1. The fourth-order valence-electron chi connectivity index (χ4n) is 5.01. The molecular weight excluding hydrogens is 374 g/mol. The van der Waals surface area contributed by atoms with E-state index in [9.17, 15) is 13.2 Å². The topological polar surface area (TPSA) is 69.7 Å². The standard InChI is InChI=1S/C21H31N3O3S/c25-21(16-23-14-11-17-5-1-2-6-18(17)15-23)22-19-7-9-20(10-8-19)28(26,27)24-12-3-4-13-24/h7-10,17-18H,1-6,11-16H2,(H,22,25)/t17-,18+/m0/s1. The van der Waals surface area contributed by atoms with Gasteiger partial charge < -0.3 is 5.32 Å². The summed E-state index contributed by atoms with van der Waals surface area (Å²) in [5.41, 5.74) is 0.651. The molecule has 154 valence electrons. The normalized spacial score (nSPS) is 26.7. The lowest BCUT2D eigenvalue weighted by Crippen LogP contribution is -2.44. The average Bonchev–Trinajstić information content (AvgIpc) is 3.24. The molecule has 1 aliphatic carbocycles. The van der Waals surface area contributed by atoms with Crippen LogP contribution in [0.2, 0.25) is 0 Å². The number of hydrogen-bond donors (Lipinski definition) is 1. The third kappa shape index (κ3) is 4.42. The number of amides is 1. The molecule has 1 amide bonds. The Morgan fingerprint density at radius 3 is 2.32 bits per heavy atom. The highest BCUT2D eigenvalue weighted by molar-refractivity contribution is 7.89. The molecule has 2 atom stereocenters. The van der Waals surface area contributed by atoms with Crippen molar-refractivity contribution in [1.29, 1.82) is 0 Å². The molecule has 0 bridgehead atoms. The highest BCUT2D eigenvalue weighted by atomic mass is 32.2. The third-order valence-corrected chi connectivity index (χ3v) is 8.50. The number of carbonyl (C=O) groups excluding carboxylic acids is 1. The highest BCUT2D eigenvalue weighted by Crippen LogP contribution is 2.35. The van der Waals surface area contributed by atoms with E-state index in [1.807, 2.05) is 0 Å². The molecule has 2 heterocycles. The van der Waals surface area contributed by atoms with E-state index in [0.717, 1.165) is 37.8 Å². The third-order valence-electron chi connectivity index (χ3n) is 6.58. The zero-order valence-corrected chi connectivity index (χ0v) is 17.3.